The predicted molar refractivity (Wildman–Crippen MR) is 96.2 cm³/mol. The average molecular weight is 342 g/mol. The molecule has 0 aromatic heterocycles. The number of benzene rings is 2. The lowest BCUT2D eigenvalue weighted by molar-refractivity contribution is 0.0827. The minimum atomic E-state index is -0.252. The zero-order chi connectivity index (χ0) is 18.2. The molecule has 0 aliphatic heterocycles. The zero-order valence-corrected chi connectivity index (χ0v) is 14.6. The van der Waals surface area contributed by atoms with Gasteiger partial charge < -0.3 is 19.7 Å². The number of methoxy groups -OCH3 is 1. The van der Waals surface area contributed by atoms with E-state index in [1.165, 1.54) is 4.90 Å². The van der Waals surface area contributed by atoms with Crippen LogP contribution in [0.25, 0.3) is 0 Å². The van der Waals surface area contributed by atoms with Gasteiger partial charge in [-0.1, -0.05) is 6.07 Å². The predicted octanol–water partition coefficient (Wildman–Crippen LogP) is 2.67. The first-order chi connectivity index (χ1) is 12.0. The van der Waals surface area contributed by atoms with E-state index in [4.69, 9.17) is 9.47 Å². The van der Waals surface area contributed by atoms with Gasteiger partial charge in [0, 0.05) is 38.0 Å². The fourth-order valence-corrected chi connectivity index (χ4v) is 2.14. The molecule has 0 unspecified atom stereocenters. The molecule has 1 N–H and O–H groups in total. The Balaban J connectivity index is 2.02. The molecule has 6 heteroatoms. The van der Waals surface area contributed by atoms with Crippen LogP contribution in [-0.2, 0) is 4.74 Å². The minimum absolute atomic E-state index is 0.117. The number of hydrogen-bond acceptors (Lipinski definition) is 4. The molecule has 0 aliphatic rings. The van der Waals surface area contributed by atoms with Gasteiger partial charge in [0.25, 0.3) is 11.8 Å². The molecule has 0 atom stereocenters. The first-order valence-corrected chi connectivity index (χ1v) is 7.86. The van der Waals surface area contributed by atoms with E-state index in [0.29, 0.717) is 35.8 Å². The molecule has 2 amide bonds. The van der Waals surface area contributed by atoms with Crippen molar-refractivity contribution < 1.29 is 19.1 Å². The van der Waals surface area contributed by atoms with Gasteiger partial charge in [-0.05, 0) is 42.5 Å². The maximum absolute atomic E-state index is 12.3. The van der Waals surface area contributed by atoms with Crippen LogP contribution in [0.3, 0.4) is 0 Å². The lowest BCUT2D eigenvalue weighted by Gasteiger charge is -2.12. The van der Waals surface area contributed by atoms with Crippen molar-refractivity contribution in [2.45, 2.75) is 0 Å². The van der Waals surface area contributed by atoms with Crippen LogP contribution in [0.2, 0.25) is 0 Å². The Hall–Kier alpha value is -2.86. The summed E-state index contributed by atoms with van der Waals surface area (Å²) < 4.78 is 10.4. The van der Waals surface area contributed by atoms with Gasteiger partial charge in [0.05, 0.1) is 6.61 Å². The molecule has 0 radical (unpaired) electrons. The summed E-state index contributed by atoms with van der Waals surface area (Å²) in [6, 6.07) is 13.7. The highest BCUT2D eigenvalue weighted by molar-refractivity contribution is 6.05. The van der Waals surface area contributed by atoms with Crippen LogP contribution in [0.15, 0.2) is 48.5 Å². The summed E-state index contributed by atoms with van der Waals surface area (Å²) in [6.45, 7) is 0.957. The van der Waals surface area contributed by atoms with Gasteiger partial charge in [-0.2, -0.15) is 0 Å². The number of anilines is 1. The number of nitrogens with zero attached hydrogens (tertiary/aromatic N) is 1. The molecule has 25 heavy (non-hydrogen) atoms. The molecule has 0 saturated carbocycles. The van der Waals surface area contributed by atoms with E-state index in [1.54, 1.807) is 69.7 Å². The molecule has 0 aliphatic carbocycles. The summed E-state index contributed by atoms with van der Waals surface area (Å²) in [5, 5.41) is 2.79. The molecule has 0 fully saturated rings. The number of carbonyl (C=O) groups excluding carboxylic acids is 2. The van der Waals surface area contributed by atoms with Crippen molar-refractivity contribution in [1.82, 2.24) is 4.90 Å². The van der Waals surface area contributed by atoms with Gasteiger partial charge in [0.15, 0.2) is 0 Å². The highest BCUT2D eigenvalue weighted by atomic mass is 16.5. The Morgan fingerprint density at radius 3 is 2.36 bits per heavy atom. The highest BCUT2D eigenvalue weighted by Crippen LogP contribution is 2.16. The Morgan fingerprint density at radius 1 is 1.00 bits per heavy atom. The molecule has 132 valence electrons. The molecule has 0 spiro atoms. The van der Waals surface area contributed by atoms with E-state index in [2.05, 4.69) is 5.32 Å². The Bertz CT molecular complexity index is 726. The third-order valence-electron chi connectivity index (χ3n) is 3.45. The van der Waals surface area contributed by atoms with Crippen molar-refractivity contribution in [2.75, 3.05) is 39.7 Å². The number of amides is 2. The fourth-order valence-electron chi connectivity index (χ4n) is 2.14. The summed E-state index contributed by atoms with van der Waals surface area (Å²) in [4.78, 5) is 25.8. The molecule has 6 nitrogen and oxygen atoms in total. The third-order valence-corrected chi connectivity index (χ3v) is 3.45. The minimum Gasteiger partial charge on any atom is -0.491 e. The lowest BCUT2D eigenvalue weighted by atomic mass is 10.1. The summed E-state index contributed by atoms with van der Waals surface area (Å²) in [6.07, 6.45) is 0. The number of nitrogens with one attached hydrogen (secondary N) is 1. The van der Waals surface area contributed by atoms with Crippen LogP contribution in [0.5, 0.6) is 5.75 Å². The highest BCUT2D eigenvalue weighted by Gasteiger charge is 2.10. The van der Waals surface area contributed by atoms with Gasteiger partial charge in [-0.15, -0.1) is 0 Å². The second kappa shape index (κ2) is 8.84. The summed E-state index contributed by atoms with van der Waals surface area (Å²) >= 11 is 0. The smallest absolute Gasteiger partial charge is 0.255 e. The quantitative estimate of drug-likeness (QED) is 0.786. The first kappa shape index (κ1) is 18.5. The monoisotopic (exact) mass is 342 g/mol. The van der Waals surface area contributed by atoms with Crippen LogP contribution in [-0.4, -0.2) is 51.1 Å². The standard InChI is InChI=1S/C19H22N2O4/c1-21(2)19(23)15-5-4-6-16(13-15)20-18(22)14-7-9-17(10-8-14)25-12-11-24-3/h4-10,13H,11-12H2,1-3H3,(H,20,22). The van der Waals surface area contributed by atoms with E-state index >= 15 is 0 Å². The molecule has 0 saturated heterocycles. The largest absolute Gasteiger partial charge is 0.491 e. The Kier molecular flexibility index (Phi) is 6.54. The fraction of sp³-hybridized carbons (Fsp3) is 0.263. The van der Waals surface area contributed by atoms with Crippen LogP contribution in [0, 0.1) is 0 Å². The molecule has 0 heterocycles. The van der Waals surface area contributed by atoms with E-state index in [1.807, 2.05) is 0 Å². The van der Waals surface area contributed by atoms with Gasteiger partial charge in [0.2, 0.25) is 0 Å². The maximum Gasteiger partial charge on any atom is 0.255 e. The third kappa shape index (κ3) is 5.32. The Morgan fingerprint density at radius 2 is 1.72 bits per heavy atom. The van der Waals surface area contributed by atoms with Gasteiger partial charge >= 0.3 is 0 Å². The van der Waals surface area contributed by atoms with E-state index < -0.39 is 0 Å². The average Bonchev–Trinajstić information content (AvgIpc) is 2.62. The molecular formula is C19H22N2O4. The van der Waals surface area contributed by atoms with Crippen LogP contribution in [0.1, 0.15) is 20.7 Å². The number of rotatable bonds is 7. The van der Waals surface area contributed by atoms with Crippen molar-refractivity contribution in [3.8, 4) is 5.75 Å². The summed E-state index contributed by atoms with van der Waals surface area (Å²) in [5.41, 5.74) is 1.59. The second-order valence-electron chi connectivity index (χ2n) is 5.60. The van der Waals surface area contributed by atoms with E-state index in [0.717, 1.165) is 0 Å². The van der Waals surface area contributed by atoms with Crippen LogP contribution >= 0.6 is 0 Å². The van der Waals surface area contributed by atoms with Gasteiger partial charge in [-0.25, -0.2) is 0 Å². The number of hydrogen-bond donors (Lipinski definition) is 1. The maximum atomic E-state index is 12.3. The lowest BCUT2D eigenvalue weighted by Crippen LogP contribution is -2.21. The number of ether oxygens (including phenoxy) is 2. The molecule has 0 bridgehead atoms. The number of carbonyl (C=O) groups is 2. The first-order valence-electron chi connectivity index (χ1n) is 7.86. The van der Waals surface area contributed by atoms with Crippen molar-refractivity contribution in [2.24, 2.45) is 0 Å². The normalized spacial score (nSPS) is 10.2. The van der Waals surface area contributed by atoms with E-state index in [9.17, 15) is 9.59 Å². The van der Waals surface area contributed by atoms with Gasteiger partial charge in [-0.3, -0.25) is 9.59 Å². The van der Waals surface area contributed by atoms with Crippen molar-refractivity contribution in [3.05, 3.63) is 59.7 Å². The summed E-state index contributed by atoms with van der Waals surface area (Å²) in [5.74, 6) is 0.304. The molecule has 2 aromatic rings. The van der Waals surface area contributed by atoms with Crippen molar-refractivity contribution in [1.29, 1.82) is 0 Å². The second-order valence-corrected chi connectivity index (χ2v) is 5.60. The van der Waals surface area contributed by atoms with E-state index in [-0.39, 0.29) is 11.8 Å². The Labute approximate surface area is 147 Å². The molecular weight excluding hydrogens is 320 g/mol. The van der Waals surface area contributed by atoms with Crippen LogP contribution < -0.4 is 10.1 Å². The zero-order valence-electron chi connectivity index (χ0n) is 14.6. The molecule has 2 aromatic carbocycles. The SMILES string of the molecule is COCCOc1ccc(C(=O)Nc2cccc(C(=O)N(C)C)c2)cc1. The van der Waals surface area contributed by atoms with Crippen molar-refractivity contribution >= 4 is 17.5 Å². The summed E-state index contributed by atoms with van der Waals surface area (Å²) in [7, 11) is 4.98. The topological polar surface area (TPSA) is 67.9 Å². The van der Waals surface area contributed by atoms with Gasteiger partial charge in [0.1, 0.15) is 12.4 Å². The molecule has 2 rings (SSSR count). The van der Waals surface area contributed by atoms with Crippen molar-refractivity contribution in [3.63, 3.8) is 0 Å². The van der Waals surface area contributed by atoms with Crippen LogP contribution in [0.4, 0.5) is 5.69 Å².